The van der Waals surface area contributed by atoms with Crippen LogP contribution in [0.2, 0.25) is 0 Å². The van der Waals surface area contributed by atoms with Crippen molar-refractivity contribution in [3.8, 4) is 0 Å². The fraction of sp³-hybridized carbons (Fsp3) is 0.600. The van der Waals surface area contributed by atoms with Gasteiger partial charge < -0.3 is 5.11 Å². The first-order chi connectivity index (χ1) is 2.64. The molecule has 36 valence electrons. The Labute approximate surface area is 38.3 Å². The lowest BCUT2D eigenvalue weighted by molar-refractivity contribution is 0.407. The van der Waals surface area contributed by atoms with Crippen LogP contribution in [0.5, 0.6) is 0 Å². The van der Waals surface area contributed by atoms with Gasteiger partial charge in [0, 0.05) is 0 Å². The average molecular weight is 86.1 g/mol. The molecule has 0 aromatic carbocycles. The SMILES string of the molecule is CC(C)=C(C)O. The molecule has 1 heteroatoms. The summed E-state index contributed by atoms with van der Waals surface area (Å²) in [6, 6.07) is 0. The second-order valence-corrected chi connectivity index (χ2v) is 1.59. The Balaban J connectivity index is 3.68. The molecule has 0 saturated carbocycles. The minimum atomic E-state index is 0.426. The van der Waals surface area contributed by atoms with Crippen molar-refractivity contribution in [2.75, 3.05) is 0 Å². The van der Waals surface area contributed by atoms with E-state index >= 15 is 0 Å². The molecule has 1 N–H and O–H groups in total. The molecule has 1 nitrogen and oxygen atoms in total. The molecule has 0 spiro atoms. The van der Waals surface area contributed by atoms with Gasteiger partial charge in [-0.15, -0.1) is 0 Å². The van der Waals surface area contributed by atoms with Crippen molar-refractivity contribution >= 4 is 0 Å². The smallest absolute Gasteiger partial charge is 0.0878 e. The number of hydrogen-bond donors (Lipinski definition) is 1. The molecule has 0 amide bonds. The summed E-state index contributed by atoms with van der Waals surface area (Å²) in [5, 5.41) is 8.51. The molecule has 6 heavy (non-hydrogen) atoms. The number of hydrogen-bond acceptors (Lipinski definition) is 1. The first kappa shape index (κ1) is 5.54. The fourth-order valence-electron chi connectivity index (χ4n) is 0. The van der Waals surface area contributed by atoms with E-state index in [2.05, 4.69) is 0 Å². The maximum Gasteiger partial charge on any atom is 0.0878 e. The lowest BCUT2D eigenvalue weighted by atomic mass is 10.3. The van der Waals surface area contributed by atoms with Gasteiger partial charge in [0.1, 0.15) is 0 Å². The summed E-state index contributed by atoms with van der Waals surface area (Å²) < 4.78 is 0. The molecule has 0 unspecified atom stereocenters. The Morgan fingerprint density at radius 3 is 1.33 bits per heavy atom. The van der Waals surface area contributed by atoms with Gasteiger partial charge in [-0.1, -0.05) is 0 Å². The average Bonchev–Trinajstić information content (AvgIpc) is 1.36. The molecule has 0 bridgehead atoms. The van der Waals surface area contributed by atoms with Gasteiger partial charge in [0.15, 0.2) is 0 Å². The molecular formula is C5H10O. The van der Waals surface area contributed by atoms with Crippen molar-refractivity contribution in [2.45, 2.75) is 20.8 Å². The normalized spacial score (nSPS) is 7.83. The largest absolute Gasteiger partial charge is 0.513 e. The van der Waals surface area contributed by atoms with Crippen LogP contribution in [-0.4, -0.2) is 5.11 Å². The third kappa shape index (κ3) is 1.82. The van der Waals surface area contributed by atoms with Crippen LogP contribution in [0.3, 0.4) is 0 Å². The molecule has 0 radical (unpaired) electrons. The zero-order chi connectivity index (χ0) is 5.15. The van der Waals surface area contributed by atoms with E-state index in [1.54, 1.807) is 6.92 Å². The quantitative estimate of drug-likeness (QED) is 0.446. The highest BCUT2D eigenvalue weighted by molar-refractivity contribution is 4.96. The van der Waals surface area contributed by atoms with Crippen LogP contribution in [-0.2, 0) is 0 Å². The van der Waals surface area contributed by atoms with Crippen molar-refractivity contribution in [1.82, 2.24) is 0 Å². The second kappa shape index (κ2) is 1.85. The molecule has 0 saturated heterocycles. The highest BCUT2D eigenvalue weighted by Gasteiger charge is 1.78. The Bertz CT molecular complexity index is 54.0. The van der Waals surface area contributed by atoms with Gasteiger partial charge in [0.2, 0.25) is 0 Å². The zero-order valence-corrected chi connectivity index (χ0v) is 4.45. The maximum absolute atomic E-state index is 8.51. The van der Waals surface area contributed by atoms with Crippen LogP contribution in [0.25, 0.3) is 0 Å². The van der Waals surface area contributed by atoms with E-state index in [-0.39, 0.29) is 0 Å². The minimum absolute atomic E-state index is 0.426. The van der Waals surface area contributed by atoms with Crippen LogP contribution < -0.4 is 0 Å². The third-order valence-electron chi connectivity index (χ3n) is 0.724. The minimum Gasteiger partial charge on any atom is -0.513 e. The number of allylic oxidation sites excluding steroid dienone is 2. The van der Waals surface area contributed by atoms with E-state index in [1.165, 1.54) is 0 Å². The van der Waals surface area contributed by atoms with Crippen molar-refractivity contribution in [1.29, 1.82) is 0 Å². The van der Waals surface area contributed by atoms with Crippen molar-refractivity contribution in [3.63, 3.8) is 0 Å². The van der Waals surface area contributed by atoms with E-state index in [1.807, 2.05) is 13.8 Å². The Morgan fingerprint density at radius 1 is 1.17 bits per heavy atom. The number of aliphatic hydroxyl groups is 1. The molecule has 0 heterocycles. The topological polar surface area (TPSA) is 20.2 Å². The Hall–Kier alpha value is -0.460. The van der Waals surface area contributed by atoms with E-state index < -0.39 is 0 Å². The van der Waals surface area contributed by atoms with Gasteiger partial charge >= 0.3 is 0 Å². The summed E-state index contributed by atoms with van der Waals surface area (Å²) >= 11 is 0. The Morgan fingerprint density at radius 2 is 1.33 bits per heavy atom. The standard InChI is InChI=1S/C5H10O/c1-4(2)5(3)6/h6H,1-3H3. The van der Waals surface area contributed by atoms with Gasteiger partial charge in [0.25, 0.3) is 0 Å². The molecule has 0 rings (SSSR count). The molecular weight excluding hydrogens is 76.1 g/mol. The predicted octanol–water partition coefficient (Wildman–Crippen LogP) is 1.86. The van der Waals surface area contributed by atoms with Gasteiger partial charge in [0.05, 0.1) is 5.76 Å². The molecule has 0 aromatic heterocycles. The second-order valence-electron chi connectivity index (χ2n) is 1.59. The highest BCUT2D eigenvalue weighted by Crippen LogP contribution is 1.93. The van der Waals surface area contributed by atoms with E-state index in [9.17, 15) is 0 Å². The van der Waals surface area contributed by atoms with Crippen molar-refractivity contribution < 1.29 is 5.11 Å². The Kier molecular flexibility index (Phi) is 1.71. The van der Waals surface area contributed by atoms with Gasteiger partial charge in [-0.25, -0.2) is 0 Å². The summed E-state index contributed by atoms with van der Waals surface area (Å²) in [5.74, 6) is 0.426. The van der Waals surface area contributed by atoms with Crippen LogP contribution in [0.15, 0.2) is 11.3 Å². The fourth-order valence-corrected chi connectivity index (χ4v) is 0. The van der Waals surface area contributed by atoms with Crippen LogP contribution in [0.4, 0.5) is 0 Å². The maximum atomic E-state index is 8.51. The summed E-state index contributed by atoms with van der Waals surface area (Å²) in [7, 11) is 0. The van der Waals surface area contributed by atoms with E-state index in [0.717, 1.165) is 5.57 Å². The monoisotopic (exact) mass is 86.1 g/mol. The number of aliphatic hydroxyl groups excluding tert-OH is 1. The lowest BCUT2D eigenvalue weighted by Crippen LogP contribution is -1.71. The van der Waals surface area contributed by atoms with E-state index in [0.29, 0.717) is 5.76 Å². The van der Waals surface area contributed by atoms with Gasteiger partial charge in [-0.05, 0) is 26.3 Å². The summed E-state index contributed by atoms with van der Waals surface area (Å²) in [5.41, 5.74) is 0.981. The van der Waals surface area contributed by atoms with Crippen molar-refractivity contribution in [3.05, 3.63) is 11.3 Å². The van der Waals surface area contributed by atoms with E-state index in [4.69, 9.17) is 5.11 Å². The number of rotatable bonds is 0. The molecule has 0 aliphatic heterocycles. The van der Waals surface area contributed by atoms with Crippen LogP contribution >= 0.6 is 0 Å². The first-order valence-electron chi connectivity index (χ1n) is 1.97. The third-order valence-corrected chi connectivity index (χ3v) is 0.724. The van der Waals surface area contributed by atoms with Crippen molar-refractivity contribution in [2.24, 2.45) is 0 Å². The molecule has 0 atom stereocenters. The molecule has 0 aromatic rings. The molecule has 0 fully saturated rings. The molecule has 0 aliphatic rings. The van der Waals surface area contributed by atoms with Gasteiger partial charge in [-0.3, -0.25) is 0 Å². The predicted molar refractivity (Wildman–Crippen MR) is 26.7 cm³/mol. The highest BCUT2D eigenvalue weighted by atomic mass is 16.3. The lowest BCUT2D eigenvalue weighted by Gasteiger charge is -1.87. The first-order valence-corrected chi connectivity index (χ1v) is 1.97. The molecule has 0 aliphatic carbocycles. The van der Waals surface area contributed by atoms with Crippen LogP contribution in [0, 0.1) is 0 Å². The summed E-state index contributed by atoms with van der Waals surface area (Å²) in [4.78, 5) is 0. The zero-order valence-electron chi connectivity index (χ0n) is 4.45. The van der Waals surface area contributed by atoms with Gasteiger partial charge in [-0.2, -0.15) is 0 Å². The summed E-state index contributed by atoms with van der Waals surface area (Å²) in [6.45, 7) is 5.42. The summed E-state index contributed by atoms with van der Waals surface area (Å²) in [6.07, 6.45) is 0. The van der Waals surface area contributed by atoms with Crippen LogP contribution in [0.1, 0.15) is 20.8 Å².